The predicted octanol–water partition coefficient (Wildman–Crippen LogP) is 4.61. The molecule has 0 fully saturated rings. The Balaban J connectivity index is 1.83. The summed E-state index contributed by atoms with van der Waals surface area (Å²) < 4.78 is 11.6. The Morgan fingerprint density at radius 1 is 1.22 bits per heavy atom. The summed E-state index contributed by atoms with van der Waals surface area (Å²) in [4.78, 5) is 12.2. The lowest BCUT2D eigenvalue weighted by Crippen LogP contribution is -2.12. The van der Waals surface area contributed by atoms with E-state index in [4.69, 9.17) is 20.4 Å². The van der Waals surface area contributed by atoms with Crippen LogP contribution in [0.4, 0.5) is 6.01 Å². The molecule has 0 saturated heterocycles. The standard InChI is InChI=1S/C15H11BrClN3O3/c1-7-5-10(8(2)22-7)14-19-20-15(23-14)18-13(21)11-6-9(16)3-4-12(11)17/h3-6H,1-2H3,(H,18,20,21). The topological polar surface area (TPSA) is 81.2 Å². The highest BCUT2D eigenvalue weighted by molar-refractivity contribution is 9.10. The first-order chi connectivity index (χ1) is 10.9. The average Bonchev–Trinajstić information content (AvgIpc) is 3.07. The first-order valence-electron chi connectivity index (χ1n) is 6.61. The van der Waals surface area contributed by atoms with Crippen LogP contribution in [0.2, 0.25) is 5.02 Å². The zero-order valence-corrected chi connectivity index (χ0v) is 14.5. The van der Waals surface area contributed by atoms with Crippen molar-refractivity contribution in [3.05, 3.63) is 50.8 Å². The monoisotopic (exact) mass is 395 g/mol. The SMILES string of the molecule is Cc1cc(-c2nnc(NC(=O)c3cc(Br)ccc3Cl)o2)c(C)o1. The smallest absolute Gasteiger partial charge is 0.322 e. The van der Waals surface area contributed by atoms with Crippen LogP contribution in [0.3, 0.4) is 0 Å². The van der Waals surface area contributed by atoms with E-state index >= 15 is 0 Å². The molecule has 0 saturated carbocycles. The molecule has 1 N–H and O–H groups in total. The molecule has 118 valence electrons. The molecule has 0 unspecified atom stereocenters. The maximum Gasteiger partial charge on any atom is 0.322 e. The molecule has 1 amide bonds. The summed E-state index contributed by atoms with van der Waals surface area (Å²) in [5.41, 5.74) is 0.993. The molecule has 3 rings (SSSR count). The number of hydrogen-bond donors (Lipinski definition) is 1. The van der Waals surface area contributed by atoms with Gasteiger partial charge in [0.25, 0.3) is 11.8 Å². The third-order valence-electron chi connectivity index (χ3n) is 3.09. The number of nitrogens with zero attached hydrogens (tertiary/aromatic N) is 2. The van der Waals surface area contributed by atoms with Gasteiger partial charge in [-0.1, -0.05) is 32.6 Å². The number of aryl methyl sites for hydroxylation is 2. The zero-order valence-electron chi connectivity index (χ0n) is 12.2. The minimum atomic E-state index is -0.438. The number of halogens is 2. The van der Waals surface area contributed by atoms with Crippen molar-refractivity contribution in [1.82, 2.24) is 10.2 Å². The highest BCUT2D eigenvalue weighted by atomic mass is 79.9. The summed E-state index contributed by atoms with van der Waals surface area (Å²) in [7, 11) is 0. The van der Waals surface area contributed by atoms with Gasteiger partial charge in [0, 0.05) is 4.47 Å². The molecule has 2 aromatic heterocycles. The van der Waals surface area contributed by atoms with Gasteiger partial charge in [-0.3, -0.25) is 10.1 Å². The van der Waals surface area contributed by atoms with Crippen LogP contribution in [0.5, 0.6) is 0 Å². The molecule has 0 atom stereocenters. The fourth-order valence-corrected chi connectivity index (χ4v) is 2.63. The van der Waals surface area contributed by atoms with E-state index in [1.807, 2.05) is 6.92 Å². The van der Waals surface area contributed by atoms with Gasteiger partial charge in [-0.15, -0.1) is 5.10 Å². The molecule has 0 aliphatic carbocycles. The summed E-state index contributed by atoms with van der Waals surface area (Å²) in [6.07, 6.45) is 0. The van der Waals surface area contributed by atoms with E-state index in [0.29, 0.717) is 21.9 Å². The van der Waals surface area contributed by atoms with Gasteiger partial charge in [-0.25, -0.2) is 0 Å². The fourth-order valence-electron chi connectivity index (χ4n) is 2.06. The van der Waals surface area contributed by atoms with Gasteiger partial charge in [0.2, 0.25) is 0 Å². The van der Waals surface area contributed by atoms with Gasteiger partial charge >= 0.3 is 6.01 Å². The van der Waals surface area contributed by atoms with Crippen LogP contribution >= 0.6 is 27.5 Å². The Bertz CT molecular complexity index is 888. The third kappa shape index (κ3) is 3.30. The van der Waals surface area contributed by atoms with Crippen molar-refractivity contribution in [3.63, 3.8) is 0 Å². The van der Waals surface area contributed by atoms with Crippen LogP contribution in [0.25, 0.3) is 11.5 Å². The van der Waals surface area contributed by atoms with Gasteiger partial charge in [0.1, 0.15) is 11.5 Å². The Morgan fingerprint density at radius 2 is 2.00 bits per heavy atom. The van der Waals surface area contributed by atoms with Gasteiger partial charge in [-0.2, -0.15) is 0 Å². The molecule has 6 nitrogen and oxygen atoms in total. The molecular formula is C15H11BrClN3O3. The average molecular weight is 397 g/mol. The molecule has 0 bridgehead atoms. The molecular weight excluding hydrogens is 386 g/mol. The van der Waals surface area contributed by atoms with E-state index in [1.165, 1.54) is 0 Å². The van der Waals surface area contributed by atoms with E-state index < -0.39 is 5.91 Å². The molecule has 0 spiro atoms. The van der Waals surface area contributed by atoms with Crippen LogP contribution in [-0.2, 0) is 0 Å². The first kappa shape index (κ1) is 15.8. The second-order valence-corrected chi connectivity index (χ2v) is 6.14. The maximum absolute atomic E-state index is 12.2. The van der Waals surface area contributed by atoms with Gasteiger partial charge in [0.15, 0.2) is 0 Å². The van der Waals surface area contributed by atoms with Crippen molar-refractivity contribution < 1.29 is 13.6 Å². The number of amides is 1. The molecule has 2 heterocycles. The number of benzene rings is 1. The Kier molecular flexibility index (Phi) is 4.23. The third-order valence-corrected chi connectivity index (χ3v) is 3.91. The van der Waals surface area contributed by atoms with Crippen LogP contribution in [-0.4, -0.2) is 16.1 Å². The van der Waals surface area contributed by atoms with E-state index in [-0.39, 0.29) is 11.9 Å². The van der Waals surface area contributed by atoms with Gasteiger partial charge in [-0.05, 0) is 38.1 Å². The van der Waals surface area contributed by atoms with Crippen molar-refractivity contribution >= 4 is 39.5 Å². The van der Waals surface area contributed by atoms with Crippen molar-refractivity contribution in [3.8, 4) is 11.5 Å². The predicted molar refractivity (Wildman–Crippen MR) is 88.6 cm³/mol. The number of nitrogens with one attached hydrogen (secondary N) is 1. The highest BCUT2D eigenvalue weighted by Crippen LogP contribution is 2.27. The maximum atomic E-state index is 12.2. The summed E-state index contributed by atoms with van der Waals surface area (Å²) in [6, 6.07) is 6.75. The van der Waals surface area contributed by atoms with Crippen molar-refractivity contribution in [2.75, 3.05) is 5.32 Å². The number of furan rings is 1. The zero-order chi connectivity index (χ0) is 16.6. The van der Waals surface area contributed by atoms with Crippen LogP contribution < -0.4 is 5.32 Å². The molecule has 23 heavy (non-hydrogen) atoms. The number of carbonyl (C=O) groups is 1. The van der Waals surface area contributed by atoms with Crippen molar-refractivity contribution in [2.24, 2.45) is 0 Å². The highest BCUT2D eigenvalue weighted by Gasteiger charge is 2.17. The van der Waals surface area contributed by atoms with Gasteiger partial charge in [0.05, 0.1) is 16.1 Å². The Hall–Kier alpha value is -2.12. The first-order valence-corrected chi connectivity index (χ1v) is 7.78. The molecule has 1 aromatic carbocycles. The molecule has 8 heteroatoms. The van der Waals surface area contributed by atoms with E-state index in [0.717, 1.165) is 10.2 Å². The normalized spacial score (nSPS) is 10.8. The van der Waals surface area contributed by atoms with Crippen LogP contribution in [0, 0.1) is 13.8 Å². The number of anilines is 1. The molecule has 0 aliphatic heterocycles. The number of aromatic nitrogens is 2. The summed E-state index contributed by atoms with van der Waals surface area (Å²) in [5, 5.41) is 10.6. The molecule has 3 aromatic rings. The van der Waals surface area contributed by atoms with Crippen molar-refractivity contribution in [1.29, 1.82) is 0 Å². The van der Waals surface area contributed by atoms with E-state index in [2.05, 4.69) is 31.4 Å². The number of rotatable bonds is 3. The van der Waals surface area contributed by atoms with Crippen LogP contribution in [0.15, 0.2) is 37.6 Å². The quantitative estimate of drug-likeness (QED) is 0.699. The largest absolute Gasteiger partial charge is 0.466 e. The second-order valence-electron chi connectivity index (χ2n) is 4.82. The Morgan fingerprint density at radius 3 is 2.70 bits per heavy atom. The fraction of sp³-hybridized carbons (Fsp3) is 0.133. The number of carbonyl (C=O) groups excluding carboxylic acids is 1. The van der Waals surface area contributed by atoms with E-state index in [1.54, 1.807) is 31.2 Å². The summed E-state index contributed by atoms with van der Waals surface area (Å²) in [5.74, 6) is 1.24. The van der Waals surface area contributed by atoms with Gasteiger partial charge < -0.3 is 8.83 Å². The Labute approximate surface area is 145 Å². The lowest BCUT2D eigenvalue weighted by Gasteiger charge is -2.03. The minimum absolute atomic E-state index is 0.0145. The van der Waals surface area contributed by atoms with Crippen molar-refractivity contribution in [2.45, 2.75) is 13.8 Å². The number of hydrogen-bond acceptors (Lipinski definition) is 5. The molecule has 0 radical (unpaired) electrons. The van der Waals surface area contributed by atoms with E-state index in [9.17, 15) is 4.79 Å². The minimum Gasteiger partial charge on any atom is -0.466 e. The second kappa shape index (κ2) is 6.17. The summed E-state index contributed by atoms with van der Waals surface area (Å²) in [6.45, 7) is 3.62. The molecule has 0 aliphatic rings. The van der Waals surface area contributed by atoms with Crippen LogP contribution in [0.1, 0.15) is 21.9 Å². The lowest BCUT2D eigenvalue weighted by atomic mass is 10.2. The summed E-state index contributed by atoms with van der Waals surface area (Å²) >= 11 is 9.32. The lowest BCUT2D eigenvalue weighted by molar-refractivity contribution is 0.102.